The van der Waals surface area contributed by atoms with Gasteiger partial charge >= 0.3 is 0 Å². The Kier molecular flexibility index (Phi) is 3.71. The van der Waals surface area contributed by atoms with Gasteiger partial charge in [-0.25, -0.2) is 9.97 Å². The zero-order valence-corrected chi connectivity index (χ0v) is 14.9. The molecule has 3 aromatic heterocycles. The third kappa shape index (κ3) is 3.02. The maximum Gasteiger partial charge on any atom is 0.251 e. The zero-order chi connectivity index (χ0) is 19.3. The fourth-order valence-electron chi connectivity index (χ4n) is 3.23. The Hall–Kier alpha value is -3.55. The topological polar surface area (TPSA) is 84.2 Å². The van der Waals surface area contributed by atoms with Crippen molar-refractivity contribution in [2.75, 3.05) is 5.32 Å². The minimum absolute atomic E-state index is 0.159. The number of hydrogen-bond acceptors (Lipinski definition) is 5. The number of carbonyl (C=O) groups excluding carboxylic acids is 1. The first-order valence-corrected chi connectivity index (χ1v) is 9.04. The van der Waals surface area contributed by atoms with Gasteiger partial charge in [0.15, 0.2) is 5.65 Å². The molecule has 0 atom stereocenters. The summed E-state index contributed by atoms with van der Waals surface area (Å²) in [7, 11) is 0. The minimum Gasteiger partial charge on any atom is -0.367 e. The van der Waals surface area contributed by atoms with Crippen molar-refractivity contribution < 1.29 is 9.18 Å². The molecule has 0 spiro atoms. The van der Waals surface area contributed by atoms with E-state index in [-0.39, 0.29) is 5.91 Å². The molecule has 1 amide bonds. The highest BCUT2D eigenvalue weighted by Gasteiger charge is 2.24. The van der Waals surface area contributed by atoms with Crippen molar-refractivity contribution in [2.24, 2.45) is 0 Å². The first kappa shape index (κ1) is 16.6. The Balaban J connectivity index is 1.66. The molecular formula is C20H17FN6O. The number of carbonyl (C=O) groups is 1. The summed E-state index contributed by atoms with van der Waals surface area (Å²) in [6.07, 6.45) is 7.54. The van der Waals surface area contributed by atoms with Gasteiger partial charge in [-0.2, -0.15) is 14.0 Å². The number of halogens is 1. The van der Waals surface area contributed by atoms with E-state index >= 15 is 0 Å². The molecule has 5 rings (SSSR count). The van der Waals surface area contributed by atoms with E-state index in [0.717, 1.165) is 24.2 Å². The third-order valence-corrected chi connectivity index (χ3v) is 4.77. The summed E-state index contributed by atoms with van der Waals surface area (Å²) in [6, 6.07) is 5.32. The van der Waals surface area contributed by atoms with E-state index in [1.807, 2.05) is 6.07 Å². The molecule has 0 radical (unpaired) electrons. The lowest BCUT2D eigenvalue weighted by Gasteiger charge is -2.10. The van der Waals surface area contributed by atoms with Gasteiger partial charge in [0.2, 0.25) is 5.95 Å². The predicted molar refractivity (Wildman–Crippen MR) is 103 cm³/mol. The van der Waals surface area contributed by atoms with Crippen LogP contribution in [0.5, 0.6) is 0 Å². The summed E-state index contributed by atoms with van der Waals surface area (Å²) in [5.74, 6) is 0.0607. The van der Waals surface area contributed by atoms with Crippen molar-refractivity contribution in [3.63, 3.8) is 0 Å². The van der Waals surface area contributed by atoms with Crippen LogP contribution in [-0.4, -0.2) is 31.5 Å². The second kappa shape index (κ2) is 6.26. The average molecular weight is 376 g/mol. The summed E-state index contributed by atoms with van der Waals surface area (Å²) < 4.78 is 15.3. The van der Waals surface area contributed by atoms with Crippen LogP contribution in [0.1, 0.15) is 24.8 Å². The Morgan fingerprint density at radius 2 is 2.21 bits per heavy atom. The van der Waals surface area contributed by atoms with Gasteiger partial charge < -0.3 is 10.6 Å². The van der Waals surface area contributed by atoms with E-state index in [0.29, 0.717) is 40.6 Å². The van der Waals surface area contributed by atoms with Crippen molar-refractivity contribution in [3.8, 4) is 11.3 Å². The molecule has 4 heterocycles. The number of amides is 1. The first-order valence-electron chi connectivity index (χ1n) is 9.04. The molecule has 1 saturated heterocycles. The number of allylic oxidation sites excluding steroid dienone is 1. The highest BCUT2D eigenvalue weighted by atomic mass is 19.1. The molecule has 1 saturated carbocycles. The molecule has 2 fully saturated rings. The van der Waals surface area contributed by atoms with Crippen LogP contribution in [0.4, 0.5) is 10.2 Å². The van der Waals surface area contributed by atoms with E-state index in [2.05, 4.69) is 32.3 Å². The average Bonchev–Trinajstić information content (AvgIpc) is 3.30. The van der Waals surface area contributed by atoms with Gasteiger partial charge in [-0.3, -0.25) is 4.79 Å². The normalized spacial score (nSPS) is 18.1. The Morgan fingerprint density at radius 3 is 2.93 bits per heavy atom. The van der Waals surface area contributed by atoms with Crippen LogP contribution in [0.15, 0.2) is 48.4 Å². The molecule has 0 unspecified atom stereocenters. The van der Waals surface area contributed by atoms with Crippen LogP contribution in [-0.2, 0) is 4.79 Å². The summed E-state index contributed by atoms with van der Waals surface area (Å²) >= 11 is 0. The van der Waals surface area contributed by atoms with Crippen molar-refractivity contribution in [1.29, 1.82) is 0 Å². The van der Waals surface area contributed by atoms with Gasteiger partial charge in [0.05, 0.1) is 11.9 Å². The van der Waals surface area contributed by atoms with Crippen LogP contribution in [0.25, 0.3) is 23.0 Å². The molecule has 1 aliphatic carbocycles. The molecule has 0 aromatic carbocycles. The van der Waals surface area contributed by atoms with Gasteiger partial charge in [-0.1, -0.05) is 6.58 Å². The molecule has 28 heavy (non-hydrogen) atoms. The number of hydrogen-bond donors (Lipinski definition) is 2. The van der Waals surface area contributed by atoms with Gasteiger partial charge in [-0.15, -0.1) is 0 Å². The summed E-state index contributed by atoms with van der Waals surface area (Å²) in [6.45, 7) is 3.80. The van der Waals surface area contributed by atoms with Crippen molar-refractivity contribution >= 4 is 23.4 Å². The number of rotatable bonds is 4. The molecule has 140 valence electrons. The van der Waals surface area contributed by atoms with Gasteiger partial charge in [0, 0.05) is 53.2 Å². The molecule has 7 nitrogen and oxygen atoms in total. The molecular weight excluding hydrogens is 359 g/mol. The van der Waals surface area contributed by atoms with Crippen LogP contribution < -0.4 is 10.6 Å². The fourth-order valence-corrected chi connectivity index (χ4v) is 3.23. The van der Waals surface area contributed by atoms with E-state index in [1.165, 1.54) is 12.3 Å². The van der Waals surface area contributed by atoms with Crippen molar-refractivity contribution in [1.82, 2.24) is 24.9 Å². The molecule has 3 aromatic rings. The van der Waals surface area contributed by atoms with E-state index in [1.54, 1.807) is 22.9 Å². The quantitative estimate of drug-likeness (QED) is 0.540. The zero-order valence-electron chi connectivity index (χ0n) is 14.9. The minimum atomic E-state index is -0.562. The SMILES string of the molecule is C=C1C/C(=C\c2cnn3c(NC4CC4)cc(-c4ccnc(F)c4)nc23)C(=O)N1. The number of pyridine rings is 1. The van der Waals surface area contributed by atoms with E-state index in [9.17, 15) is 9.18 Å². The van der Waals surface area contributed by atoms with Gasteiger partial charge in [0.25, 0.3) is 5.91 Å². The number of aromatic nitrogens is 4. The van der Waals surface area contributed by atoms with Crippen molar-refractivity contribution in [3.05, 3.63) is 60.0 Å². The molecule has 2 N–H and O–H groups in total. The number of anilines is 1. The maximum atomic E-state index is 13.6. The van der Waals surface area contributed by atoms with Gasteiger partial charge in [0.1, 0.15) is 5.82 Å². The highest BCUT2D eigenvalue weighted by molar-refractivity contribution is 6.02. The number of nitrogens with one attached hydrogen (secondary N) is 2. The van der Waals surface area contributed by atoms with Gasteiger partial charge in [-0.05, 0) is 25.0 Å². The molecule has 1 aliphatic heterocycles. The third-order valence-electron chi connectivity index (χ3n) is 4.77. The summed E-state index contributed by atoms with van der Waals surface area (Å²) in [4.78, 5) is 20.3. The molecule has 8 heteroatoms. The van der Waals surface area contributed by atoms with Crippen LogP contribution >= 0.6 is 0 Å². The maximum absolute atomic E-state index is 13.6. The Bertz CT molecular complexity index is 1160. The lowest BCUT2D eigenvalue weighted by molar-refractivity contribution is -0.115. The van der Waals surface area contributed by atoms with E-state index < -0.39 is 5.95 Å². The lowest BCUT2D eigenvalue weighted by Crippen LogP contribution is -2.12. The monoisotopic (exact) mass is 376 g/mol. The Labute approximate surface area is 160 Å². The number of nitrogens with zero attached hydrogens (tertiary/aromatic N) is 4. The van der Waals surface area contributed by atoms with Crippen LogP contribution in [0.2, 0.25) is 0 Å². The second-order valence-electron chi connectivity index (χ2n) is 7.05. The predicted octanol–water partition coefficient (Wildman–Crippen LogP) is 2.92. The second-order valence-corrected chi connectivity index (χ2v) is 7.05. The summed E-state index contributed by atoms with van der Waals surface area (Å²) in [5.41, 5.74) is 3.83. The van der Waals surface area contributed by atoms with E-state index in [4.69, 9.17) is 0 Å². The van der Waals surface area contributed by atoms with Crippen LogP contribution in [0.3, 0.4) is 0 Å². The smallest absolute Gasteiger partial charge is 0.251 e. The Morgan fingerprint density at radius 1 is 1.36 bits per heavy atom. The van der Waals surface area contributed by atoms with Crippen LogP contribution in [0, 0.1) is 5.95 Å². The highest BCUT2D eigenvalue weighted by Crippen LogP contribution is 2.30. The fraction of sp³-hybridized carbons (Fsp3) is 0.200. The first-order chi connectivity index (χ1) is 13.6. The molecule has 2 aliphatic rings. The molecule has 0 bridgehead atoms. The largest absolute Gasteiger partial charge is 0.367 e. The summed E-state index contributed by atoms with van der Waals surface area (Å²) in [5, 5.41) is 10.6. The lowest BCUT2D eigenvalue weighted by atomic mass is 10.1. The van der Waals surface area contributed by atoms with Crippen molar-refractivity contribution in [2.45, 2.75) is 25.3 Å². The standard InChI is InChI=1S/C20H17FN6O/c1-11-6-13(20(28)24-11)7-14-10-23-27-18(25-15-2-3-15)9-16(26-19(14)27)12-4-5-22-17(21)8-12/h4-5,7-10,15,25H,1-3,6H2,(H,24,28)/b13-7+. The number of fused-ring (bicyclic) bond motifs is 1.